The van der Waals surface area contributed by atoms with Crippen LogP contribution in [0.1, 0.15) is 18.9 Å². The van der Waals surface area contributed by atoms with Crippen LogP contribution in [0, 0.1) is 11.8 Å². The highest BCUT2D eigenvalue weighted by molar-refractivity contribution is 5.17. The number of nitrogens with two attached hydrogens (primary N) is 1. The highest BCUT2D eigenvalue weighted by Crippen LogP contribution is 2.66. The number of nitrogens with zero attached hydrogens (tertiary/aromatic N) is 4. The number of alkyl halides is 2. The molecule has 2 aliphatic rings. The summed E-state index contributed by atoms with van der Waals surface area (Å²) in [6.45, 7) is 0. The molecule has 0 aromatic carbocycles. The molecule has 0 aliphatic heterocycles. The zero-order chi connectivity index (χ0) is 9.92. The normalized spacial score (nSPS) is 38.3. The molecule has 1 heterocycles. The minimum Gasteiger partial charge on any atom is -0.367 e. The second kappa shape index (κ2) is 2.21. The first-order valence-corrected chi connectivity index (χ1v) is 4.52. The van der Waals surface area contributed by atoms with Crippen LogP contribution in [-0.4, -0.2) is 26.1 Å². The van der Waals surface area contributed by atoms with Gasteiger partial charge in [0.05, 0.1) is 6.04 Å². The lowest BCUT2D eigenvalue weighted by Gasteiger charge is -2.13. The Morgan fingerprint density at radius 2 is 2.00 bits per heavy atom. The minimum absolute atomic E-state index is 0.0420. The summed E-state index contributed by atoms with van der Waals surface area (Å²) in [4.78, 5) is 0. The second-order valence-corrected chi connectivity index (χ2v) is 3.99. The smallest absolute Gasteiger partial charge is 0.254 e. The molecule has 0 radical (unpaired) electrons. The molecular weight excluding hydrogens is 192 g/mol. The van der Waals surface area contributed by atoms with Crippen LogP contribution in [0.3, 0.4) is 0 Å². The first-order valence-electron chi connectivity index (χ1n) is 4.52. The van der Waals surface area contributed by atoms with E-state index in [1.54, 1.807) is 0 Å². The van der Waals surface area contributed by atoms with Gasteiger partial charge in [-0.2, -0.15) is 0 Å². The number of tetrazole rings is 1. The molecule has 5 nitrogen and oxygen atoms in total. The zero-order valence-electron chi connectivity index (χ0n) is 7.27. The van der Waals surface area contributed by atoms with Crippen LogP contribution in [0.15, 0.2) is 0 Å². The average Bonchev–Trinajstić information content (AvgIpc) is 2.61. The van der Waals surface area contributed by atoms with E-state index in [0.29, 0.717) is 12.8 Å². The van der Waals surface area contributed by atoms with Gasteiger partial charge < -0.3 is 5.73 Å². The van der Waals surface area contributed by atoms with Crippen molar-refractivity contribution >= 4 is 5.95 Å². The molecule has 0 spiro atoms. The molecule has 2 atom stereocenters. The maximum atomic E-state index is 12.9. The Hall–Kier alpha value is -1.27. The Labute approximate surface area is 78.3 Å². The van der Waals surface area contributed by atoms with E-state index < -0.39 is 17.8 Å². The SMILES string of the molecule is Nc1nnnn1C1CC2C(C1)C2(F)F. The van der Waals surface area contributed by atoms with E-state index in [4.69, 9.17) is 5.73 Å². The summed E-state index contributed by atoms with van der Waals surface area (Å²) in [5.74, 6) is -3.19. The molecule has 2 unspecified atom stereocenters. The molecule has 0 saturated heterocycles. The van der Waals surface area contributed by atoms with Gasteiger partial charge in [0.25, 0.3) is 5.92 Å². The van der Waals surface area contributed by atoms with Crippen LogP contribution < -0.4 is 5.73 Å². The summed E-state index contributed by atoms with van der Waals surface area (Å²) in [6.07, 6.45) is 0.875. The van der Waals surface area contributed by atoms with Crippen LogP contribution in [0.2, 0.25) is 0 Å². The minimum atomic E-state index is -2.45. The molecule has 14 heavy (non-hydrogen) atoms. The molecule has 0 bridgehead atoms. The molecule has 2 saturated carbocycles. The largest absolute Gasteiger partial charge is 0.367 e. The van der Waals surface area contributed by atoms with Crippen molar-refractivity contribution in [2.75, 3.05) is 5.73 Å². The maximum Gasteiger partial charge on any atom is 0.254 e. The number of aromatic nitrogens is 4. The summed E-state index contributed by atoms with van der Waals surface area (Å²) >= 11 is 0. The lowest BCUT2D eigenvalue weighted by molar-refractivity contribution is 0.0638. The summed E-state index contributed by atoms with van der Waals surface area (Å²) in [5.41, 5.74) is 5.49. The topological polar surface area (TPSA) is 69.6 Å². The van der Waals surface area contributed by atoms with Gasteiger partial charge in [0.2, 0.25) is 5.95 Å². The van der Waals surface area contributed by atoms with Crippen LogP contribution in [-0.2, 0) is 0 Å². The Morgan fingerprint density at radius 3 is 2.50 bits per heavy atom. The molecule has 2 aliphatic carbocycles. The lowest BCUT2D eigenvalue weighted by atomic mass is 10.1. The molecule has 7 heteroatoms. The monoisotopic (exact) mass is 201 g/mol. The third kappa shape index (κ3) is 0.842. The van der Waals surface area contributed by atoms with E-state index in [1.165, 1.54) is 4.68 Å². The van der Waals surface area contributed by atoms with Crippen molar-refractivity contribution < 1.29 is 8.78 Å². The van der Waals surface area contributed by atoms with Crippen LogP contribution in [0.4, 0.5) is 14.7 Å². The van der Waals surface area contributed by atoms with Crippen LogP contribution in [0.25, 0.3) is 0 Å². The van der Waals surface area contributed by atoms with Gasteiger partial charge in [-0.05, 0) is 23.3 Å². The Kier molecular flexibility index (Phi) is 1.27. The number of hydrogen-bond acceptors (Lipinski definition) is 4. The fourth-order valence-corrected chi connectivity index (χ4v) is 2.45. The summed E-state index contributed by atoms with van der Waals surface area (Å²) in [7, 11) is 0. The number of fused-ring (bicyclic) bond motifs is 1. The summed E-state index contributed by atoms with van der Waals surface area (Å²) in [6, 6.07) is -0.0420. The number of hydrogen-bond donors (Lipinski definition) is 1. The van der Waals surface area contributed by atoms with Gasteiger partial charge in [-0.25, -0.2) is 13.5 Å². The first-order chi connectivity index (χ1) is 6.60. The fraction of sp³-hybridized carbons (Fsp3) is 0.857. The van der Waals surface area contributed by atoms with E-state index in [0.717, 1.165) is 0 Å². The van der Waals surface area contributed by atoms with Crippen molar-refractivity contribution in [3.63, 3.8) is 0 Å². The van der Waals surface area contributed by atoms with Crippen LogP contribution in [0.5, 0.6) is 0 Å². The Balaban J connectivity index is 1.78. The lowest BCUT2D eigenvalue weighted by Crippen LogP contribution is -2.16. The van der Waals surface area contributed by atoms with E-state index in [-0.39, 0.29) is 12.0 Å². The molecule has 76 valence electrons. The van der Waals surface area contributed by atoms with E-state index in [1.807, 2.05) is 0 Å². The Morgan fingerprint density at radius 1 is 1.36 bits per heavy atom. The van der Waals surface area contributed by atoms with E-state index in [2.05, 4.69) is 15.5 Å². The van der Waals surface area contributed by atoms with Crippen molar-refractivity contribution in [3.05, 3.63) is 0 Å². The maximum absolute atomic E-state index is 12.9. The molecule has 3 rings (SSSR count). The van der Waals surface area contributed by atoms with Crippen molar-refractivity contribution in [3.8, 4) is 0 Å². The van der Waals surface area contributed by atoms with Gasteiger partial charge in [-0.15, -0.1) is 0 Å². The molecule has 1 aromatic heterocycles. The van der Waals surface area contributed by atoms with E-state index >= 15 is 0 Å². The summed E-state index contributed by atoms with van der Waals surface area (Å²) in [5, 5.41) is 10.6. The number of nitrogen functional groups attached to an aromatic ring is 1. The van der Waals surface area contributed by atoms with Gasteiger partial charge >= 0.3 is 0 Å². The number of halogens is 2. The molecule has 2 N–H and O–H groups in total. The third-order valence-corrected chi connectivity index (χ3v) is 3.28. The molecule has 2 fully saturated rings. The van der Waals surface area contributed by atoms with Gasteiger partial charge in [0.15, 0.2) is 0 Å². The van der Waals surface area contributed by atoms with Gasteiger partial charge in [0, 0.05) is 11.8 Å². The number of anilines is 1. The van der Waals surface area contributed by atoms with Gasteiger partial charge in [-0.3, -0.25) is 0 Å². The predicted molar refractivity (Wildman–Crippen MR) is 42.4 cm³/mol. The molecule has 1 aromatic rings. The predicted octanol–water partition coefficient (Wildman–Crippen LogP) is 0.471. The van der Waals surface area contributed by atoms with Crippen molar-refractivity contribution in [2.45, 2.75) is 24.8 Å². The first kappa shape index (κ1) is 8.07. The summed E-state index contributed by atoms with van der Waals surface area (Å²) < 4.78 is 27.2. The van der Waals surface area contributed by atoms with Crippen molar-refractivity contribution in [1.29, 1.82) is 0 Å². The molecule has 0 amide bonds. The molecular formula is C7H9F2N5. The quantitative estimate of drug-likeness (QED) is 0.717. The number of rotatable bonds is 1. The van der Waals surface area contributed by atoms with Gasteiger partial charge in [0.1, 0.15) is 0 Å². The second-order valence-electron chi connectivity index (χ2n) is 3.99. The van der Waals surface area contributed by atoms with E-state index in [9.17, 15) is 8.78 Å². The van der Waals surface area contributed by atoms with Crippen LogP contribution >= 0.6 is 0 Å². The standard InChI is InChI=1S/C7H9F2N5/c8-7(9)4-1-3(2-5(4)7)14-6(10)11-12-13-14/h3-5H,1-2H2,(H2,10,11,13). The highest BCUT2D eigenvalue weighted by atomic mass is 19.3. The van der Waals surface area contributed by atoms with Crippen molar-refractivity contribution in [2.24, 2.45) is 11.8 Å². The zero-order valence-corrected chi connectivity index (χ0v) is 7.27. The fourth-order valence-electron chi connectivity index (χ4n) is 2.45. The van der Waals surface area contributed by atoms with Gasteiger partial charge in [-0.1, -0.05) is 5.10 Å². The highest BCUT2D eigenvalue weighted by Gasteiger charge is 2.71. The average molecular weight is 201 g/mol. The van der Waals surface area contributed by atoms with Crippen molar-refractivity contribution in [1.82, 2.24) is 20.2 Å². The Bertz CT molecular complexity index is 362. The third-order valence-electron chi connectivity index (χ3n) is 3.28.